The van der Waals surface area contributed by atoms with Crippen LogP contribution >= 0.6 is 0 Å². The van der Waals surface area contributed by atoms with Crippen LogP contribution in [-0.2, 0) is 6.42 Å². The molecule has 0 heterocycles. The molecule has 0 radical (unpaired) electrons. The number of hydrogen-bond acceptors (Lipinski definition) is 4. The summed E-state index contributed by atoms with van der Waals surface area (Å²) in [5, 5.41) is 13.8. The summed E-state index contributed by atoms with van der Waals surface area (Å²) in [7, 11) is 0. The van der Waals surface area contributed by atoms with Crippen LogP contribution in [0.3, 0.4) is 0 Å². The lowest BCUT2D eigenvalue weighted by Gasteiger charge is -2.11. The van der Waals surface area contributed by atoms with Crippen molar-refractivity contribution in [3.05, 3.63) is 69.3 Å². The average Bonchev–Trinajstić information content (AvgIpc) is 2.49. The lowest BCUT2D eigenvalue weighted by molar-refractivity contribution is -0.384. The molecular formula is C16H17N3O3. The molecule has 0 saturated heterocycles. The first-order valence-electron chi connectivity index (χ1n) is 6.85. The zero-order valence-electron chi connectivity index (χ0n) is 12.2. The zero-order valence-corrected chi connectivity index (χ0v) is 12.2. The highest BCUT2D eigenvalue weighted by Crippen LogP contribution is 2.19. The van der Waals surface area contributed by atoms with Gasteiger partial charge in [0.15, 0.2) is 0 Å². The van der Waals surface area contributed by atoms with Crippen molar-refractivity contribution in [1.82, 2.24) is 0 Å². The number of nitrogens with two attached hydrogens (primary N) is 1. The van der Waals surface area contributed by atoms with Crippen LogP contribution in [0.1, 0.15) is 21.5 Å². The molecule has 0 aliphatic rings. The monoisotopic (exact) mass is 299 g/mol. The molecule has 0 bridgehead atoms. The first-order chi connectivity index (χ1) is 10.5. The van der Waals surface area contributed by atoms with Crippen LogP contribution in [0.4, 0.5) is 11.4 Å². The van der Waals surface area contributed by atoms with Gasteiger partial charge in [0.05, 0.1) is 4.92 Å². The van der Waals surface area contributed by atoms with Gasteiger partial charge in [0.2, 0.25) is 5.91 Å². The molecule has 6 heteroatoms. The van der Waals surface area contributed by atoms with E-state index in [2.05, 4.69) is 5.32 Å². The molecule has 0 unspecified atom stereocenters. The molecule has 0 spiro atoms. The number of primary amides is 1. The summed E-state index contributed by atoms with van der Waals surface area (Å²) >= 11 is 0. The Balaban J connectivity index is 1.98. The fourth-order valence-electron chi connectivity index (χ4n) is 2.22. The maximum absolute atomic E-state index is 11.3. The van der Waals surface area contributed by atoms with Crippen molar-refractivity contribution in [1.29, 1.82) is 0 Å². The van der Waals surface area contributed by atoms with Crippen LogP contribution in [0.2, 0.25) is 0 Å². The third-order valence-electron chi connectivity index (χ3n) is 3.48. The van der Waals surface area contributed by atoms with E-state index in [-0.39, 0.29) is 5.69 Å². The molecule has 1 amide bonds. The number of hydrogen-bond donors (Lipinski definition) is 2. The number of amides is 1. The van der Waals surface area contributed by atoms with Crippen LogP contribution in [-0.4, -0.2) is 17.4 Å². The van der Waals surface area contributed by atoms with Crippen LogP contribution in [0.15, 0.2) is 42.5 Å². The van der Waals surface area contributed by atoms with Crippen LogP contribution in [0, 0.1) is 17.0 Å². The van der Waals surface area contributed by atoms with Gasteiger partial charge in [-0.2, -0.15) is 0 Å². The SMILES string of the molecule is Cc1c(NCCc2ccc([N+](=O)[O-])cc2)cccc1C(N)=O. The standard InChI is InChI=1S/C16H17N3O3/c1-11-14(16(17)20)3-2-4-15(11)18-10-9-12-5-7-13(8-6-12)19(21)22/h2-8,18H,9-10H2,1H3,(H2,17,20). The molecular weight excluding hydrogens is 282 g/mol. The molecule has 6 nitrogen and oxygen atoms in total. The largest absolute Gasteiger partial charge is 0.384 e. The Labute approximate surface area is 128 Å². The van der Waals surface area contributed by atoms with Gasteiger partial charge in [-0.1, -0.05) is 18.2 Å². The van der Waals surface area contributed by atoms with Crippen molar-refractivity contribution in [2.24, 2.45) is 5.73 Å². The quantitative estimate of drug-likeness (QED) is 0.632. The Hall–Kier alpha value is -2.89. The second kappa shape index (κ2) is 6.71. The molecule has 114 valence electrons. The first-order valence-corrected chi connectivity index (χ1v) is 6.85. The van der Waals surface area contributed by atoms with Gasteiger partial charge >= 0.3 is 0 Å². The maximum Gasteiger partial charge on any atom is 0.269 e. The molecule has 0 aromatic heterocycles. The third-order valence-corrected chi connectivity index (χ3v) is 3.48. The molecule has 2 aromatic rings. The van der Waals surface area contributed by atoms with E-state index in [1.54, 1.807) is 24.3 Å². The summed E-state index contributed by atoms with van der Waals surface area (Å²) in [4.78, 5) is 21.5. The van der Waals surface area contributed by atoms with E-state index in [0.29, 0.717) is 12.1 Å². The number of benzene rings is 2. The Bertz CT molecular complexity index is 696. The summed E-state index contributed by atoms with van der Waals surface area (Å²) in [6, 6.07) is 11.8. The summed E-state index contributed by atoms with van der Waals surface area (Å²) in [5.41, 5.74) is 8.58. The highest BCUT2D eigenvalue weighted by molar-refractivity contribution is 5.95. The lowest BCUT2D eigenvalue weighted by Crippen LogP contribution is -2.14. The average molecular weight is 299 g/mol. The number of nitro groups is 1. The molecule has 2 rings (SSSR count). The Morgan fingerprint density at radius 2 is 1.91 bits per heavy atom. The highest BCUT2D eigenvalue weighted by atomic mass is 16.6. The second-order valence-electron chi connectivity index (χ2n) is 4.94. The Morgan fingerprint density at radius 1 is 1.23 bits per heavy atom. The lowest BCUT2D eigenvalue weighted by atomic mass is 10.1. The minimum atomic E-state index is -0.448. The highest BCUT2D eigenvalue weighted by Gasteiger charge is 2.08. The van der Waals surface area contributed by atoms with Gasteiger partial charge in [-0.3, -0.25) is 14.9 Å². The zero-order chi connectivity index (χ0) is 16.1. The van der Waals surface area contributed by atoms with Gasteiger partial charge < -0.3 is 11.1 Å². The van der Waals surface area contributed by atoms with Gasteiger partial charge in [0.1, 0.15) is 0 Å². The molecule has 3 N–H and O–H groups in total. The van der Waals surface area contributed by atoms with E-state index >= 15 is 0 Å². The second-order valence-corrected chi connectivity index (χ2v) is 4.94. The number of non-ortho nitro benzene ring substituents is 1. The van der Waals surface area contributed by atoms with E-state index in [4.69, 9.17) is 5.73 Å². The Kier molecular flexibility index (Phi) is 4.73. The fraction of sp³-hybridized carbons (Fsp3) is 0.188. The number of anilines is 1. The van der Waals surface area contributed by atoms with Crippen molar-refractivity contribution in [2.45, 2.75) is 13.3 Å². The molecule has 0 atom stereocenters. The summed E-state index contributed by atoms with van der Waals surface area (Å²) in [5.74, 6) is -0.448. The number of carbonyl (C=O) groups is 1. The first kappa shape index (κ1) is 15.5. The predicted molar refractivity (Wildman–Crippen MR) is 85.0 cm³/mol. The summed E-state index contributed by atoms with van der Waals surface area (Å²) < 4.78 is 0. The number of carbonyl (C=O) groups excluding carboxylic acids is 1. The van der Waals surface area contributed by atoms with Crippen molar-refractivity contribution in [3.8, 4) is 0 Å². The van der Waals surface area contributed by atoms with Crippen LogP contribution in [0.25, 0.3) is 0 Å². The van der Waals surface area contributed by atoms with Crippen molar-refractivity contribution < 1.29 is 9.72 Å². The fourth-order valence-corrected chi connectivity index (χ4v) is 2.22. The number of nitrogens with one attached hydrogen (secondary N) is 1. The van der Waals surface area contributed by atoms with E-state index in [9.17, 15) is 14.9 Å². The molecule has 0 fully saturated rings. The van der Waals surface area contributed by atoms with Crippen molar-refractivity contribution in [3.63, 3.8) is 0 Å². The molecule has 2 aromatic carbocycles. The number of nitro benzene ring substituents is 1. The Morgan fingerprint density at radius 3 is 2.50 bits per heavy atom. The van der Waals surface area contributed by atoms with Gasteiger partial charge in [-0.05, 0) is 36.6 Å². The molecule has 0 aliphatic heterocycles. The van der Waals surface area contributed by atoms with Crippen LogP contribution < -0.4 is 11.1 Å². The van der Waals surface area contributed by atoms with Crippen LogP contribution in [0.5, 0.6) is 0 Å². The predicted octanol–water partition coefficient (Wildman–Crippen LogP) is 2.66. The normalized spacial score (nSPS) is 10.2. The van der Waals surface area contributed by atoms with E-state index < -0.39 is 10.8 Å². The van der Waals surface area contributed by atoms with E-state index in [0.717, 1.165) is 23.2 Å². The van der Waals surface area contributed by atoms with E-state index in [1.165, 1.54) is 12.1 Å². The van der Waals surface area contributed by atoms with Gasteiger partial charge in [-0.15, -0.1) is 0 Å². The summed E-state index contributed by atoms with van der Waals surface area (Å²) in [6.07, 6.45) is 0.720. The smallest absolute Gasteiger partial charge is 0.269 e. The van der Waals surface area contributed by atoms with Gasteiger partial charge in [-0.25, -0.2) is 0 Å². The minimum absolute atomic E-state index is 0.0849. The number of nitrogens with zero attached hydrogens (tertiary/aromatic N) is 1. The molecule has 0 aliphatic carbocycles. The van der Waals surface area contributed by atoms with E-state index in [1.807, 2.05) is 13.0 Å². The van der Waals surface area contributed by atoms with Crippen molar-refractivity contribution in [2.75, 3.05) is 11.9 Å². The van der Waals surface area contributed by atoms with Gasteiger partial charge in [0, 0.05) is 29.9 Å². The maximum atomic E-state index is 11.3. The number of rotatable bonds is 6. The third kappa shape index (κ3) is 3.60. The van der Waals surface area contributed by atoms with Gasteiger partial charge in [0.25, 0.3) is 5.69 Å². The minimum Gasteiger partial charge on any atom is -0.384 e. The molecule has 22 heavy (non-hydrogen) atoms. The van der Waals surface area contributed by atoms with Crippen molar-refractivity contribution >= 4 is 17.3 Å². The molecule has 0 saturated carbocycles. The summed E-state index contributed by atoms with van der Waals surface area (Å²) in [6.45, 7) is 2.50. The topological polar surface area (TPSA) is 98.3 Å².